The van der Waals surface area contributed by atoms with Gasteiger partial charge in [0.25, 0.3) is 0 Å². The Morgan fingerprint density at radius 3 is 2.76 bits per heavy atom. The Morgan fingerprint density at radius 2 is 2.18 bits per heavy atom. The highest BCUT2D eigenvalue weighted by Gasteiger charge is 2.29. The Labute approximate surface area is 102 Å². The summed E-state index contributed by atoms with van der Waals surface area (Å²) >= 11 is 1.46. The fourth-order valence-electron chi connectivity index (χ4n) is 1.56. The molecule has 0 saturated carbocycles. The maximum absolute atomic E-state index is 11.9. The van der Waals surface area contributed by atoms with E-state index in [1.165, 1.54) is 18.4 Å². The summed E-state index contributed by atoms with van der Waals surface area (Å²) in [5, 5.41) is 11.5. The fourth-order valence-corrected chi connectivity index (χ4v) is 2.28. The molecule has 0 atom stereocenters. The van der Waals surface area contributed by atoms with Crippen molar-refractivity contribution < 1.29 is 19.4 Å². The van der Waals surface area contributed by atoms with Crippen molar-refractivity contribution in [2.24, 2.45) is 0 Å². The van der Waals surface area contributed by atoms with E-state index in [0.717, 1.165) is 11.0 Å². The van der Waals surface area contributed by atoms with Gasteiger partial charge in [-0.1, -0.05) is 6.07 Å². The van der Waals surface area contributed by atoms with Crippen LogP contribution in [0.15, 0.2) is 40.7 Å². The number of allylic oxidation sites excluding steroid dienone is 2. The van der Waals surface area contributed by atoms with Crippen LogP contribution in [0.1, 0.15) is 4.88 Å². The lowest BCUT2D eigenvalue weighted by molar-refractivity contribution is -0.119. The van der Waals surface area contributed by atoms with Crippen molar-refractivity contribution in [1.82, 2.24) is 0 Å². The van der Waals surface area contributed by atoms with Crippen molar-refractivity contribution in [2.75, 3.05) is 7.11 Å². The second kappa shape index (κ2) is 4.55. The van der Waals surface area contributed by atoms with E-state index in [1.807, 2.05) is 17.5 Å². The van der Waals surface area contributed by atoms with Gasteiger partial charge in [-0.2, -0.15) is 0 Å². The number of carbonyl (C=O) groups is 2. The van der Waals surface area contributed by atoms with Crippen LogP contribution >= 0.6 is 11.3 Å². The minimum atomic E-state index is -0.590. The molecule has 1 aliphatic rings. The van der Waals surface area contributed by atoms with Crippen molar-refractivity contribution in [3.8, 4) is 0 Å². The van der Waals surface area contributed by atoms with E-state index in [1.54, 1.807) is 0 Å². The van der Waals surface area contributed by atoms with Crippen molar-refractivity contribution in [3.05, 3.63) is 45.6 Å². The number of carbonyl (C=O) groups excluding carboxylic acids is 2. The molecule has 17 heavy (non-hydrogen) atoms. The van der Waals surface area contributed by atoms with E-state index in [-0.39, 0.29) is 17.8 Å². The van der Waals surface area contributed by atoms with E-state index in [9.17, 15) is 14.7 Å². The average molecular weight is 250 g/mol. The van der Waals surface area contributed by atoms with Crippen molar-refractivity contribution in [2.45, 2.75) is 6.42 Å². The number of ether oxygens (including phenoxy) is 1. The Kier molecular flexibility index (Phi) is 3.10. The first-order valence-corrected chi connectivity index (χ1v) is 5.80. The Morgan fingerprint density at radius 1 is 1.41 bits per heavy atom. The lowest BCUT2D eigenvalue weighted by Gasteiger charge is -2.14. The van der Waals surface area contributed by atoms with Crippen LogP contribution in [0.4, 0.5) is 0 Å². The summed E-state index contributed by atoms with van der Waals surface area (Å²) in [6, 6.07) is 3.69. The second-order valence-electron chi connectivity index (χ2n) is 3.49. The van der Waals surface area contributed by atoms with Gasteiger partial charge in [-0.15, -0.1) is 11.3 Å². The summed E-state index contributed by atoms with van der Waals surface area (Å²) in [7, 11) is 1.32. The smallest absolute Gasteiger partial charge is 0.227 e. The van der Waals surface area contributed by atoms with E-state index in [2.05, 4.69) is 0 Å². The topological polar surface area (TPSA) is 63.6 Å². The molecule has 0 saturated heterocycles. The van der Waals surface area contributed by atoms with Crippen molar-refractivity contribution in [1.29, 1.82) is 0 Å². The van der Waals surface area contributed by atoms with Gasteiger partial charge in [0.1, 0.15) is 0 Å². The van der Waals surface area contributed by atoms with E-state index in [0.29, 0.717) is 0 Å². The van der Waals surface area contributed by atoms with Gasteiger partial charge in [0.15, 0.2) is 11.5 Å². The number of aliphatic hydroxyl groups is 1. The molecule has 0 aliphatic heterocycles. The number of Topliss-reactive ketones (excluding diaryl/α,β-unsaturated/α-hetero) is 1. The first-order chi connectivity index (χ1) is 8.13. The quantitative estimate of drug-likeness (QED) is 0.831. The zero-order valence-electron chi connectivity index (χ0n) is 9.10. The molecule has 4 nitrogen and oxygen atoms in total. The number of hydrogen-bond acceptors (Lipinski definition) is 5. The highest BCUT2D eigenvalue weighted by Crippen LogP contribution is 2.23. The second-order valence-corrected chi connectivity index (χ2v) is 4.52. The molecule has 0 spiro atoms. The Bertz CT molecular complexity index is 523. The number of thiophene rings is 1. The van der Waals surface area contributed by atoms with E-state index < -0.39 is 17.3 Å². The predicted octanol–water partition coefficient (Wildman–Crippen LogP) is 1.78. The van der Waals surface area contributed by atoms with Crippen molar-refractivity contribution >= 4 is 22.9 Å². The number of methoxy groups -OCH3 is 1. The molecule has 0 aromatic carbocycles. The van der Waals surface area contributed by atoms with Gasteiger partial charge < -0.3 is 9.84 Å². The van der Waals surface area contributed by atoms with Gasteiger partial charge in [-0.25, -0.2) is 0 Å². The van der Waals surface area contributed by atoms with Gasteiger partial charge in [-0.05, 0) is 11.4 Å². The summed E-state index contributed by atoms with van der Waals surface area (Å²) in [5.74, 6) is -1.53. The minimum Gasteiger partial charge on any atom is -0.504 e. The third-order valence-corrected chi connectivity index (χ3v) is 3.31. The van der Waals surface area contributed by atoms with Crippen LogP contribution in [0.3, 0.4) is 0 Å². The summed E-state index contributed by atoms with van der Waals surface area (Å²) in [6.07, 6.45) is 1.25. The van der Waals surface area contributed by atoms with Crippen LogP contribution in [0, 0.1) is 0 Å². The van der Waals surface area contributed by atoms with E-state index in [4.69, 9.17) is 4.74 Å². The maximum Gasteiger partial charge on any atom is 0.227 e. The minimum absolute atomic E-state index is 0.0284. The first-order valence-electron chi connectivity index (χ1n) is 4.92. The summed E-state index contributed by atoms with van der Waals surface area (Å²) in [4.78, 5) is 24.2. The molecule has 0 radical (unpaired) electrons. The molecule has 1 aromatic rings. The van der Waals surface area contributed by atoms with Gasteiger partial charge in [0.05, 0.1) is 12.7 Å². The Balaban J connectivity index is 2.34. The van der Waals surface area contributed by atoms with Crippen LogP contribution < -0.4 is 0 Å². The standard InChI is InChI=1S/C12H10O4S/c1-16-10-6-9(13)11(14)8(12(10)15)5-7-3-2-4-17-7/h2-4,6,14H,5H2,1H3. The largest absolute Gasteiger partial charge is 0.504 e. The van der Waals surface area contributed by atoms with E-state index >= 15 is 0 Å². The summed E-state index contributed by atoms with van der Waals surface area (Å²) in [5.41, 5.74) is 0.0943. The lowest BCUT2D eigenvalue weighted by Crippen LogP contribution is -2.21. The fraction of sp³-hybridized carbons (Fsp3) is 0.167. The molecule has 88 valence electrons. The molecule has 1 aromatic heterocycles. The molecule has 1 heterocycles. The van der Waals surface area contributed by atoms with Crippen molar-refractivity contribution in [3.63, 3.8) is 0 Å². The number of aliphatic hydroxyl groups excluding tert-OH is 1. The third-order valence-electron chi connectivity index (χ3n) is 2.43. The lowest BCUT2D eigenvalue weighted by atomic mass is 9.97. The van der Waals surface area contributed by atoms with Crippen LogP contribution in [0.2, 0.25) is 0 Å². The molecule has 5 heteroatoms. The monoisotopic (exact) mass is 250 g/mol. The predicted molar refractivity (Wildman–Crippen MR) is 62.8 cm³/mol. The van der Waals surface area contributed by atoms with Crippen LogP contribution in [-0.4, -0.2) is 23.8 Å². The Hall–Kier alpha value is -1.88. The number of ketones is 2. The van der Waals surface area contributed by atoms with Gasteiger partial charge in [-0.3, -0.25) is 9.59 Å². The molecule has 2 rings (SSSR count). The zero-order valence-corrected chi connectivity index (χ0v) is 9.91. The van der Waals surface area contributed by atoms with Gasteiger partial charge >= 0.3 is 0 Å². The number of hydrogen-bond donors (Lipinski definition) is 1. The molecular formula is C12H10O4S. The highest BCUT2D eigenvalue weighted by molar-refractivity contribution is 7.09. The zero-order chi connectivity index (χ0) is 12.4. The molecule has 0 unspecified atom stereocenters. The first kappa shape index (κ1) is 11.6. The van der Waals surface area contributed by atoms with Crippen LogP contribution in [-0.2, 0) is 20.7 Å². The van der Waals surface area contributed by atoms with Crippen LogP contribution in [0.25, 0.3) is 0 Å². The van der Waals surface area contributed by atoms with Gasteiger partial charge in [0, 0.05) is 17.4 Å². The molecule has 1 aliphatic carbocycles. The number of rotatable bonds is 3. The highest BCUT2D eigenvalue weighted by atomic mass is 32.1. The summed E-state index contributed by atoms with van der Waals surface area (Å²) in [6.45, 7) is 0. The SMILES string of the molecule is COC1=CC(=O)C(O)=C(Cc2cccs2)C1=O. The third kappa shape index (κ3) is 2.14. The summed E-state index contributed by atoms with van der Waals surface area (Å²) < 4.78 is 4.82. The average Bonchev–Trinajstić information content (AvgIpc) is 2.82. The normalized spacial score (nSPS) is 16.2. The van der Waals surface area contributed by atoms with Gasteiger partial charge in [0.2, 0.25) is 11.6 Å². The van der Waals surface area contributed by atoms with Crippen LogP contribution in [0.5, 0.6) is 0 Å². The molecule has 0 bridgehead atoms. The molecular weight excluding hydrogens is 240 g/mol. The molecule has 1 N–H and O–H groups in total. The molecule has 0 amide bonds. The maximum atomic E-state index is 11.9. The molecule has 0 fully saturated rings.